The number of benzene rings is 1. The number of rotatable bonds is 6. The molecular formula is C14H17N2O6S2-. The highest BCUT2D eigenvalue weighted by atomic mass is 32.2. The van der Waals surface area contributed by atoms with Crippen molar-refractivity contribution >= 4 is 42.6 Å². The third-order valence-corrected chi connectivity index (χ3v) is 6.71. The van der Waals surface area contributed by atoms with Crippen molar-refractivity contribution in [2.24, 2.45) is 0 Å². The molecule has 1 aromatic heterocycles. The van der Waals surface area contributed by atoms with E-state index >= 15 is 0 Å². The van der Waals surface area contributed by atoms with Crippen LogP contribution in [-0.4, -0.2) is 38.3 Å². The quantitative estimate of drug-likeness (QED) is 0.775. The summed E-state index contributed by atoms with van der Waals surface area (Å²) in [5.74, 6) is -1.89. The molecule has 132 valence electrons. The van der Waals surface area contributed by atoms with Crippen LogP contribution in [0.1, 0.15) is 29.9 Å². The molecule has 24 heavy (non-hydrogen) atoms. The molecule has 0 unspecified atom stereocenters. The molecule has 0 aliphatic rings. The van der Waals surface area contributed by atoms with E-state index in [-0.39, 0.29) is 39.4 Å². The van der Waals surface area contributed by atoms with Gasteiger partial charge in [0.25, 0.3) is 0 Å². The molecule has 0 saturated heterocycles. The number of carboxylic acid groups (broad SMARTS) is 1. The molecule has 0 bridgehead atoms. The van der Waals surface area contributed by atoms with Gasteiger partial charge >= 0.3 is 0 Å². The first-order valence-electron chi connectivity index (χ1n) is 7.14. The fraction of sp³-hybridized carbons (Fsp3) is 0.357. The number of carbonyl (C=O) groups excluding carboxylic acids is 1. The monoisotopic (exact) mass is 373 g/mol. The minimum absolute atomic E-state index is 0.0161. The van der Waals surface area contributed by atoms with Gasteiger partial charge < -0.3 is 9.90 Å². The van der Waals surface area contributed by atoms with Crippen molar-refractivity contribution < 1.29 is 26.7 Å². The van der Waals surface area contributed by atoms with Crippen LogP contribution in [0.25, 0.3) is 10.9 Å². The first kappa shape index (κ1) is 18.3. The second kappa shape index (κ2) is 6.10. The van der Waals surface area contributed by atoms with Gasteiger partial charge in [-0.15, -0.1) is 0 Å². The Bertz CT molecular complexity index is 1020. The number of nitrogens with zero attached hydrogens (tertiary/aromatic N) is 1. The molecule has 0 amide bonds. The van der Waals surface area contributed by atoms with Crippen molar-refractivity contribution in [1.82, 2.24) is 3.97 Å². The predicted molar refractivity (Wildman–Crippen MR) is 88.9 cm³/mol. The number of fused-ring (bicyclic) bond motifs is 1. The zero-order valence-electron chi connectivity index (χ0n) is 13.4. The molecule has 0 aliphatic heterocycles. The number of carbonyl (C=O) groups is 1. The van der Waals surface area contributed by atoms with Crippen LogP contribution in [0.2, 0.25) is 0 Å². The normalized spacial score (nSPS) is 12.5. The molecule has 0 fully saturated rings. The van der Waals surface area contributed by atoms with Crippen molar-refractivity contribution in [1.29, 1.82) is 0 Å². The Labute approximate surface area is 140 Å². The van der Waals surface area contributed by atoms with E-state index in [0.717, 1.165) is 3.97 Å². The van der Waals surface area contributed by atoms with Gasteiger partial charge in [-0.1, -0.05) is 0 Å². The second-order valence-electron chi connectivity index (χ2n) is 5.15. The Hall–Kier alpha value is -2.07. The van der Waals surface area contributed by atoms with Gasteiger partial charge in [0, 0.05) is 22.3 Å². The SMILES string of the molecule is CCS(=O)(=O)Nc1ccc2c(c1)c(C(=O)[O-])c(C)n2S(=O)(=O)CC. The summed E-state index contributed by atoms with van der Waals surface area (Å²) in [6.07, 6.45) is 0. The summed E-state index contributed by atoms with van der Waals surface area (Å²) in [6, 6.07) is 4.05. The minimum atomic E-state index is -3.73. The van der Waals surface area contributed by atoms with Gasteiger partial charge in [-0.2, -0.15) is 0 Å². The average Bonchev–Trinajstić information content (AvgIpc) is 2.78. The number of aromatic carboxylic acids is 1. The van der Waals surface area contributed by atoms with Crippen LogP contribution in [-0.2, 0) is 20.0 Å². The second-order valence-corrected chi connectivity index (χ2v) is 9.27. The van der Waals surface area contributed by atoms with E-state index in [1.165, 1.54) is 39.0 Å². The third-order valence-electron chi connectivity index (χ3n) is 3.65. The van der Waals surface area contributed by atoms with Crippen molar-refractivity contribution in [3.05, 3.63) is 29.5 Å². The van der Waals surface area contributed by atoms with Crippen molar-refractivity contribution in [3.63, 3.8) is 0 Å². The number of hydrogen-bond acceptors (Lipinski definition) is 6. The van der Waals surface area contributed by atoms with Gasteiger partial charge in [-0.05, 0) is 39.0 Å². The van der Waals surface area contributed by atoms with E-state index in [1.807, 2.05) is 0 Å². The topological polar surface area (TPSA) is 125 Å². The molecule has 2 aromatic rings. The Balaban J connectivity index is 2.82. The van der Waals surface area contributed by atoms with E-state index in [0.29, 0.717) is 0 Å². The van der Waals surface area contributed by atoms with Crippen molar-refractivity contribution in [3.8, 4) is 0 Å². The van der Waals surface area contributed by atoms with Gasteiger partial charge in [0.2, 0.25) is 20.0 Å². The van der Waals surface area contributed by atoms with Gasteiger partial charge in [-0.3, -0.25) is 4.72 Å². The van der Waals surface area contributed by atoms with Crippen LogP contribution >= 0.6 is 0 Å². The molecule has 1 heterocycles. The third kappa shape index (κ3) is 3.11. The Morgan fingerprint density at radius 1 is 1.17 bits per heavy atom. The van der Waals surface area contributed by atoms with Crippen LogP contribution in [0, 0.1) is 6.92 Å². The van der Waals surface area contributed by atoms with E-state index in [9.17, 15) is 26.7 Å². The number of anilines is 1. The lowest BCUT2D eigenvalue weighted by molar-refractivity contribution is -0.254. The molecule has 0 saturated carbocycles. The van der Waals surface area contributed by atoms with Gasteiger partial charge in [0.15, 0.2) is 0 Å². The standard InChI is InChI=1S/C14H18N2O6S2/c1-4-23(19,20)15-10-6-7-12-11(8-10)13(14(17)18)9(3)16(12)24(21,22)5-2/h6-8,15H,4-5H2,1-3H3,(H,17,18)/p-1. The molecule has 0 atom stereocenters. The first-order chi connectivity index (χ1) is 11.0. The van der Waals surface area contributed by atoms with E-state index < -0.39 is 26.0 Å². The summed E-state index contributed by atoms with van der Waals surface area (Å²) in [7, 11) is -7.28. The maximum atomic E-state index is 12.3. The summed E-state index contributed by atoms with van der Waals surface area (Å²) in [5.41, 5.74) is 0.0489. The maximum absolute atomic E-state index is 12.3. The lowest BCUT2D eigenvalue weighted by Gasteiger charge is -2.09. The number of aromatic nitrogens is 1. The van der Waals surface area contributed by atoms with Crippen LogP contribution in [0.4, 0.5) is 5.69 Å². The van der Waals surface area contributed by atoms with Crippen molar-refractivity contribution in [2.45, 2.75) is 20.8 Å². The highest BCUT2D eigenvalue weighted by molar-refractivity contribution is 7.92. The summed E-state index contributed by atoms with van der Waals surface area (Å²) in [6.45, 7) is 4.28. The molecule has 1 aromatic carbocycles. The van der Waals surface area contributed by atoms with Crippen LogP contribution in [0.15, 0.2) is 18.2 Å². The van der Waals surface area contributed by atoms with Crippen LogP contribution in [0.3, 0.4) is 0 Å². The average molecular weight is 373 g/mol. The number of hydrogen-bond donors (Lipinski definition) is 1. The molecule has 10 heteroatoms. The predicted octanol–water partition coefficient (Wildman–Crippen LogP) is 0.273. The van der Waals surface area contributed by atoms with Crippen LogP contribution < -0.4 is 9.83 Å². The maximum Gasteiger partial charge on any atom is 0.238 e. The largest absolute Gasteiger partial charge is 0.545 e. The molecule has 0 spiro atoms. The van der Waals surface area contributed by atoms with Crippen molar-refractivity contribution in [2.75, 3.05) is 16.2 Å². The van der Waals surface area contributed by atoms with E-state index in [2.05, 4.69) is 4.72 Å². The Morgan fingerprint density at radius 3 is 2.29 bits per heavy atom. The molecule has 0 aliphatic carbocycles. The Kier molecular flexibility index (Phi) is 4.64. The van der Waals surface area contributed by atoms with E-state index in [1.54, 1.807) is 0 Å². The fourth-order valence-electron chi connectivity index (χ4n) is 2.45. The number of carboxylic acids is 1. The zero-order valence-corrected chi connectivity index (χ0v) is 15.0. The molecule has 0 radical (unpaired) electrons. The summed E-state index contributed by atoms with van der Waals surface area (Å²) in [5, 5.41) is 11.6. The molecule has 8 nitrogen and oxygen atoms in total. The first-order valence-corrected chi connectivity index (χ1v) is 10.4. The fourth-order valence-corrected chi connectivity index (χ4v) is 4.31. The molecule has 1 N–H and O–H groups in total. The number of nitrogens with one attached hydrogen (secondary N) is 1. The lowest BCUT2D eigenvalue weighted by Crippen LogP contribution is -2.24. The molecular weight excluding hydrogens is 356 g/mol. The minimum Gasteiger partial charge on any atom is -0.545 e. The highest BCUT2D eigenvalue weighted by Crippen LogP contribution is 2.30. The summed E-state index contributed by atoms with van der Waals surface area (Å²) < 4.78 is 51.1. The molecule has 2 rings (SSSR count). The zero-order chi connectivity index (χ0) is 18.3. The van der Waals surface area contributed by atoms with Crippen LogP contribution in [0.5, 0.6) is 0 Å². The van der Waals surface area contributed by atoms with E-state index in [4.69, 9.17) is 0 Å². The number of sulfonamides is 1. The lowest BCUT2D eigenvalue weighted by atomic mass is 10.1. The van der Waals surface area contributed by atoms with Gasteiger partial charge in [-0.25, -0.2) is 20.8 Å². The Morgan fingerprint density at radius 2 is 1.79 bits per heavy atom. The van der Waals surface area contributed by atoms with Gasteiger partial charge in [0.05, 0.1) is 23.0 Å². The summed E-state index contributed by atoms with van der Waals surface area (Å²) in [4.78, 5) is 11.5. The highest BCUT2D eigenvalue weighted by Gasteiger charge is 2.23. The smallest absolute Gasteiger partial charge is 0.238 e. The van der Waals surface area contributed by atoms with Gasteiger partial charge in [0.1, 0.15) is 0 Å². The summed E-state index contributed by atoms with van der Waals surface area (Å²) >= 11 is 0.